The highest BCUT2D eigenvalue weighted by molar-refractivity contribution is 5.49. The summed E-state index contributed by atoms with van der Waals surface area (Å²) in [5.41, 5.74) is 0. The first-order valence-electron chi connectivity index (χ1n) is 5.62. The third-order valence-electron chi connectivity index (χ3n) is 3.33. The number of aliphatic hydroxyl groups is 1. The molecule has 1 rings (SSSR count). The smallest absolute Gasteiger partial charge is 0.384 e. The molecule has 0 spiro atoms. The maximum atomic E-state index is 12.1. The van der Waals surface area contributed by atoms with Crippen molar-refractivity contribution in [1.82, 2.24) is 0 Å². The van der Waals surface area contributed by atoms with Gasteiger partial charge in [-0.15, -0.1) is 0 Å². The SMILES string of the molecule is O=CCC1CCC(CC(O)C(F)(F)F)CC1. The highest BCUT2D eigenvalue weighted by Crippen LogP contribution is 2.35. The summed E-state index contributed by atoms with van der Waals surface area (Å²) in [6.45, 7) is 0. The van der Waals surface area contributed by atoms with Gasteiger partial charge in [-0.2, -0.15) is 13.2 Å². The fourth-order valence-electron chi connectivity index (χ4n) is 2.29. The Bertz CT molecular complexity index is 220. The minimum absolute atomic E-state index is 0.0560. The summed E-state index contributed by atoms with van der Waals surface area (Å²) >= 11 is 0. The van der Waals surface area contributed by atoms with Crippen molar-refractivity contribution in [1.29, 1.82) is 0 Å². The number of hydrogen-bond acceptors (Lipinski definition) is 2. The van der Waals surface area contributed by atoms with E-state index in [9.17, 15) is 18.0 Å². The molecule has 1 saturated carbocycles. The third-order valence-corrected chi connectivity index (χ3v) is 3.33. The van der Waals surface area contributed by atoms with Crippen LogP contribution in [0.15, 0.2) is 0 Å². The van der Waals surface area contributed by atoms with Crippen molar-refractivity contribution in [3.63, 3.8) is 0 Å². The minimum Gasteiger partial charge on any atom is -0.384 e. The van der Waals surface area contributed by atoms with Crippen molar-refractivity contribution in [2.75, 3.05) is 0 Å². The van der Waals surface area contributed by atoms with Gasteiger partial charge in [0.25, 0.3) is 0 Å². The van der Waals surface area contributed by atoms with Crippen molar-refractivity contribution in [3.05, 3.63) is 0 Å². The Morgan fingerprint density at radius 1 is 1.19 bits per heavy atom. The van der Waals surface area contributed by atoms with Crippen molar-refractivity contribution in [3.8, 4) is 0 Å². The van der Waals surface area contributed by atoms with Crippen LogP contribution in [-0.4, -0.2) is 23.7 Å². The van der Waals surface area contributed by atoms with Crippen molar-refractivity contribution in [2.24, 2.45) is 11.8 Å². The van der Waals surface area contributed by atoms with E-state index in [4.69, 9.17) is 5.11 Å². The van der Waals surface area contributed by atoms with Crippen LogP contribution >= 0.6 is 0 Å². The zero-order chi connectivity index (χ0) is 12.2. The zero-order valence-electron chi connectivity index (χ0n) is 9.04. The van der Waals surface area contributed by atoms with E-state index in [1.807, 2.05) is 0 Å². The van der Waals surface area contributed by atoms with E-state index < -0.39 is 12.3 Å². The van der Waals surface area contributed by atoms with E-state index >= 15 is 0 Å². The Morgan fingerprint density at radius 3 is 2.12 bits per heavy atom. The van der Waals surface area contributed by atoms with Crippen LogP contribution in [0.2, 0.25) is 0 Å². The standard InChI is InChI=1S/C11H17F3O2/c12-11(13,14)10(16)7-9-3-1-8(2-4-9)5-6-15/h6,8-10,16H,1-5,7H2. The molecule has 1 fully saturated rings. The Kier molecular flexibility index (Phi) is 4.77. The highest BCUT2D eigenvalue weighted by atomic mass is 19.4. The van der Waals surface area contributed by atoms with Gasteiger partial charge in [0.05, 0.1) is 0 Å². The largest absolute Gasteiger partial charge is 0.414 e. The van der Waals surface area contributed by atoms with Crippen LogP contribution in [0.4, 0.5) is 13.2 Å². The first-order chi connectivity index (χ1) is 7.43. The van der Waals surface area contributed by atoms with Crippen LogP contribution in [0.5, 0.6) is 0 Å². The van der Waals surface area contributed by atoms with Gasteiger partial charge < -0.3 is 9.90 Å². The first-order valence-corrected chi connectivity index (χ1v) is 5.62. The molecule has 0 aliphatic heterocycles. The number of aldehydes is 1. The maximum absolute atomic E-state index is 12.1. The van der Waals surface area contributed by atoms with E-state index in [-0.39, 0.29) is 12.3 Å². The molecule has 0 aromatic rings. The Hall–Kier alpha value is -0.580. The van der Waals surface area contributed by atoms with E-state index in [1.54, 1.807) is 0 Å². The monoisotopic (exact) mass is 238 g/mol. The first kappa shape index (κ1) is 13.5. The Morgan fingerprint density at radius 2 is 1.69 bits per heavy atom. The molecule has 0 radical (unpaired) electrons. The van der Waals surface area contributed by atoms with Gasteiger partial charge in [0.15, 0.2) is 0 Å². The molecule has 0 saturated heterocycles. The van der Waals surface area contributed by atoms with E-state index in [2.05, 4.69) is 0 Å². The highest BCUT2D eigenvalue weighted by Gasteiger charge is 2.39. The van der Waals surface area contributed by atoms with Gasteiger partial charge >= 0.3 is 6.18 Å². The second-order valence-electron chi connectivity index (χ2n) is 4.58. The number of hydrogen-bond donors (Lipinski definition) is 1. The Labute approximate surface area is 92.8 Å². The normalized spacial score (nSPS) is 28.8. The molecular weight excluding hydrogens is 221 g/mol. The molecule has 1 N–H and O–H groups in total. The molecule has 0 amide bonds. The lowest BCUT2D eigenvalue weighted by Gasteiger charge is -2.29. The number of rotatable bonds is 4. The van der Waals surface area contributed by atoms with Gasteiger partial charge in [0, 0.05) is 6.42 Å². The lowest BCUT2D eigenvalue weighted by molar-refractivity contribution is -0.209. The summed E-state index contributed by atoms with van der Waals surface area (Å²) < 4.78 is 36.3. The van der Waals surface area contributed by atoms with Crippen LogP contribution in [0, 0.1) is 11.8 Å². The Balaban J connectivity index is 2.29. The average molecular weight is 238 g/mol. The second-order valence-corrected chi connectivity index (χ2v) is 4.58. The third kappa shape index (κ3) is 4.12. The summed E-state index contributed by atoms with van der Waals surface area (Å²) in [4.78, 5) is 10.3. The molecule has 94 valence electrons. The number of aliphatic hydroxyl groups excluding tert-OH is 1. The molecule has 0 heterocycles. The summed E-state index contributed by atoms with van der Waals surface area (Å²) in [5, 5.41) is 8.93. The van der Waals surface area contributed by atoms with E-state index in [1.165, 1.54) is 0 Å². The molecule has 16 heavy (non-hydrogen) atoms. The summed E-state index contributed by atoms with van der Waals surface area (Å²) in [6, 6.07) is 0. The fourth-order valence-corrected chi connectivity index (χ4v) is 2.29. The molecule has 1 aliphatic carbocycles. The van der Waals surface area contributed by atoms with E-state index in [0.717, 1.165) is 19.1 Å². The van der Waals surface area contributed by atoms with Gasteiger partial charge in [0.2, 0.25) is 0 Å². The summed E-state index contributed by atoms with van der Waals surface area (Å²) in [5.74, 6) is 0.274. The molecule has 0 aromatic heterocycles. The van der Waals surface area contributed by atoms with Crippen molar-refractivity contribution >= 4 is 6.29 Å². The van der Waals surface area contributed by atoms with Crippen molar-refractivity contribution in [2.45, 2.75) is 50.8 Å². The molecule has 0 aromatic carbocycles. The number of halogens is 3. The fraction of sp³-hybridized carbons (Fsp3) is 0.909. The molecule has 5 heteroatoms. The van der Waals surface area contributed by atoms with Crippen molar-refractivity contribution < 1.29 is 23.1 Å². The van der Waals surface area contributed by atoms with Crippen LogP contribution in [0.3, 0.4) is 0 Å². The predicted octanol–water partition coefficient (Wildman–Crippen LogP) is 2.70. The van der Waals surface area contributed by atoms with Gasteiger partial charge in [-0.05, 0) is 31.1 Å². The van der Waals surface area contributed by atoms with Gasteiger partial charge in [0.1, 0.15) is 12.4 Å². The number of carbonyl (C=O) groups excluding carboxylic acids is 1. The predicted molar refractivity (Wildman–Crippen MR) is 52.8 cm³/mol. The number of alkyl halides is 3. The van der Waals surface area contributed by atoms with Gasteiger partial charge in [-0.25, -0.2) is 0 Å². The quantitative estimate of drug-likeness (QED) is 0.764. The second kappa shape index (κ2) is 5.66. The maximum Gasteiger partial charge on any atom is 0.414 e. The van der Waals surface area contributed by atoms with Crippen LogP contribution < -0.4 is 0 Å². The molecule has 1 atom stereocenters. The summed E-state index contributed by atoms with van der Waals surface area (Å²) in [7, 11) is 0. The molecular formula is C11H17F3O2. The molecule has 1 unspecified atom stereocenters. The average Bonchev–Trinajstić information content (AvgIpc) is 2.20. The zero-order valence-corrected chi connectivity index (χ0v) is 9.04. The van der Waals surface area contributed by atoms with Gasteiger partial charge in [-0.3, -0.25) is 0 Å². The lowest BCUT2D eigenvalue weighted by Crippen LogP contribution is -2.31. The van der Waals surface area contributed by atoms with Crippen LogP contribution in [-0.2, 0) is 4.79 Å². The van der Waals surface area contributed by atoms with Gasteiger partial charge in [-0.1, -0.05) is 12.8 Å². The van der Waals surface area contributed by atoms with Crippen LogP contribution in [0.1, 0.15) is 38.5 Å². The summed E-state index contributed by atoms with van der Waals surface area (Å²) in [6.07, 6.45) is -2.54. The molecule has 0 bridgehead atoms. The van der Waals surface area contributed by atoms with Crippen LogP contribution in [0.25, 0.3) is 0 Å². The minimum atomic E-state index is -4.50. The lowest BCUT2D eigenvalue weighted by atomic mass is 9.78. The topological polar surface area (TPSA) is 37.3 Å². The number of carbonyl (C=O) groups is 1. The molecule has 1 aliphatic rings. The molecule has 2 nitrogen and oxygen atoms in total. The van der Waals surface area contributed by atoms with E-state index in [0.29, 0.717) is 25.2 Å².